The van der Waals surface area contributed by atoms with Crippen molar-refractivity contribution in [3.63, 3.8) is 0 Å². The molecule has 0 spiro atoms. The van der Waals surface area contributed by atoms with Crippen LogP contribution < -0.4 is 70.0 Å². The molecule has 0 amide bonds. The first-order valence-electron chi connectivity index (χ1n) is 12.9. The van der Waals surface area contributed by atoms with E-state index in [0.29, 0.717) is 11.4 Å². The van der Waals surface area contributed by atoms with Crippen LogP contribution in [0.5, 0.6) is 11.5 Å². The summed E-state index contributed by atoms with van der Waals surface area (Å²) >= 11 is 0. The summed E-state index contributed by atoms with van der Waals surface area (Å²) < 4.78 is 34.3. The molecule has 12 nitrogen and oxygen atoms in total. The minimum Gasteiger partial charge on any atom is -0.744 e. The average Bonchev–Trinajstić information content (AvgIpc) is 2.96. The van der Waals surface area contributed by atoms with Crippen molar-refractivity contribution in [2.45, 2.75) is 18.7 Å². The van der Waals surface area contributed by atoms with E-state index in [4.69, 9.17) is 5.73 Å². The third kappa shape index (κ3) is 8.00. The Morgan fingerprint density at radius 2 is 1.33 bits per heavy atom. The van der Waals surface area contributed by atoms with Gasteiger partial charge in [-0.05, 0) is 102 Å². The molecular formula is C31H23N5Na2O7S. The Hall–Kier alpha value is -3.66. The number of carbonyl (C=O) groups is 1. The molecule has 0 saturated carbocycles. The molecule has 222 valence electrons. The van der Waals surface area contributed by atoms with Crippen molar-refractivity contribution in [2.75, 3.05) is 5.73 Å². The number of anilines is 1. The number of phenols is 2. The molecule has 0 radical (unpaired) electrons. The van der Waals surface area contributed by atoms with Gasteiger partial charge in [0.2, 0.25) is 0 Å². The number of carbonyl (C=O) groups excluding carboxylic acids is 1. The zero-order valence-electron chi connectivity index (χ0n) is 25.2. The molecule has 0 aliphatic heterocycles. The zero-order valence-corrected chi connectivity index (χ0v) is 30.0. The molecule has 5 aromatic carbocycles. The van der Waals surface area contributed by atoms with Crippen LogP contribution in [0.3, 0.4) is 0 Å². The van der Waals surface area contributed by atoms with Crippen molar-refractivity contribution in [1.82, 2.24) is 0 Å². The minimum absolute atomic E-state index is 0. The second-order valence-electron chi connectivity index (χ2n) is 9.89. The second kappa shape index (κ2) is 14.8. The van der Waals surface area contributed by atoms with Gasteiger partial charge in [-0.3, -0.25) is 0 Å². The van der Waals surface area contributed by atoms with Gasteiger partial charge in [0.25, 0.3) is 0 Å². The number of phenolic OH excluding ortho intramolecular Hbond substituents is 1. The van der Waals surface area contributed by atoms with Crippen LogP contribution in [0.4, 0.5) is 28.4 Å². The van der Waals surface area contributed by atoms with Gasteiger partial charge in [0.1, 0.15) is 27.3 Å². The van der Waals surface area contributed by atoms with Crippen molar-refractivity contribution in [1.29, 1.82) is 0 Å². The van der Waals surface area contributed by atoms with Crippen LogP contribution in [0.2, 0.25) is 0 Å². The number of fused-ring (bicyclic) bond motifs is 1. The second-order valence-corrected chi connectivity index (χ2v) is 11.3. The van der Waals surface area contributed by atoms with E-state index >= 15 is 0 Å². The van der Waals surface area contributed by atoms with Gasteiger partial charge >= 0.3 is 59.1 Å². The van der Waals surface area contributed by atoms with Gasteiger partial charge in [0.05, 0.1) is 39.0 Å². The van der Waals surface area contributed by atoms with Gasteiger partial charge < -0.3 is 30.4 Å². The minimum atomic E-state index is -4.79. The number of aromatic hydroxyl groups is 2. The van der Waals surface area contributed by atoms with Crippen molar-refractivity contribution in [3.8, 4) is 22.6 Å². The summed E-state index contributed by atoms with van der Waals surface area (Å²) in [5, 5.41) is 48.5. The van der Waals surface area contributed by atoms with Crippen molar-refractivity contribution in [2.24, 2.45) is 20.5 Å². The van der Waals surface area contributed by atoms with Crippen LogP contribution in [0, 0.1) is 13.8 Å². The first-order valence-corrected chi connectivity index (χ1v) is 14.3. The molecule has 0 heterocycles. The molecule has 5 rings (SSSR count). The van der Waals surface area contributed by atoms with Crippen LogP contribution in [0.25, 0.3) is 21.9 Å². The Morgan fingerprint density at radius 1 is 0.739 bits per heavy atom. The Kier molecular flexibility index (Phi) is 11.9. The number of carboxylic acid groups (broad SMARTS) is 1. The molecule has 0 bridgehead atoms. The van der Waals surface area contributed by atoms with E-state index in [1.165, 1.54) is 30.3 Å². The van der Waals surface area contributed by atoms with Crippen molar-refractivity contribution in [3.05, 3.63) is 95.6 Å². The smallest absolute Gasteiger partial charge is 0.744 e. The van der Waals surface area contributed by atoms with E-state index in [0.717, 1.165) is 34.4 Å². The summed E-state index contributed by atoms with van der Waals surface area (Å²) in [6.07, 6.45) is 0. The molecular weight excluding hydrogens is 632 g/mol. The molecule has 0 aliphatic carbocycles. The molecule has 0 saturated heterocycles. The fraction of sp³-hybridized carbons (Fsp3) is 0.0645. The summed E-state index contributed by atoms with van der Waals surface area (Å²) in [4.78, 5) is 10.6. The van der Waals surface area contributed by atoms with E-state index in [1.807, 2.05) is 38.1 Å². The predicted molar refractivity (Wildman–Crippen MR) is 160 cm³/mol. The number of hydrogen-bond donors (Lipinski definition) is 3. The van der Waals surface area contributed by atoms with Crippen LogP contribution >= 0.6 is 0 Å². The zero-order chi connectivity index (χ0) is 31.8. The van der Waals surface area contributed by atoms with E-state index in [1.54, 1.807) is 12.1 Å². The molecule has 0 fully saturated rings. The molecule has 0 aliphatic rings. The van der Waals surface area contributed by atoms with Crippen LogP contribution in [0.1, 0.15) is 21.5 Å². The number of rotatable bonds is 7. The summed E-state index contributed by atoms with van der Waals surface area (Å²) in [5.74, 6) is -2.40. The Morgan fingerprint density at radius 3 is 1.87 bits per heavy atom. The van der Waals surface area contributed by atoms with Gasteiger partial charge in [0, 0.05) is 5.56 Å². The summed E-state index contributed by atoms with van der Waals surface area (Å²) in [7, 11) is -4.79. The number of benzene rings is 5. The first-order chi connectivity index (χ1) is 20.8. The average molecular weight is 656 g/mol. The monoisotopic (exact) mass is 655 g/mol. The SMILES string of the molecule is Cc1cc(-c2ccc(N=Nc3c(N)ccc4cc(S(=O)(=O)[O-])cc(O)c34)c(C)c2)ccc1N=Nc1ccc(O)c(C(=O)[O-])c1.[Na+].[Na+]. The molecule has 0 aromatic heterocycles. The fourth-order valence-corrected chi connectivity index (χ4v) is 5.05. The Balaban J connectivity index is 0.00000288. The van der Waals surface area contributed by atoms with Crippen LogP contribution in [-0.2, 0) is 10.1 Å². The van der Waals surface area contributed by atoms with Crippen LogP contribution in [-0.4, -0.2) is 29.2 Å². The summed E-state index contributed by atoms with van der Waals surface area (Å²) in [5.41, 5.74) is 10.7. The molecule has 0 unspecified atom stereocenters. The molecule has 46 heavy (non-hydrogen) atoms. The van der Waals surface area contributed by atoms with Crippen molar-refractivity contribution < 1.29 is 92.2 Å². The predicted octanol–water partition coefficient (Wildman–Crippen LogP) is 0.223. The van der Waals surface area contributed by atoms with Crippen LogP contribution in [0.15, 0.2) is 104 Å². The normalized spacial score (nSPS) is 11.5. The standard InChI is InChI=1S/C31H25N5O7S.2Na/c1-16-11-18(4-8-25(16)34-33-21-6-10-27(37)23(14-21)31(39)40)19-5-9-26(17(2)12-19)35-36-30-24(32)7-3-20-13-22(44(41,42)43)15-28(38)29(20)30;;/h3-15,37-38H,32H2,1-2H3,(H,39,40)(H,41,42,43);;/q;2*+1/p-2. The Labute approximate surface area is 308 Å². The maximum atomic E-state index is 11.4. The van der Waals surface area contributed by atoms with E-state index in [-0.39, 0.29) is 92.5 Å². The third-order valence-corrected chi connectivity index (χ3v) is 7.63. The number of nitrogen functional groups attached to an aromatic ring is 1. The van der Waals surface area contributed by atoms with Gasteiger partial charge in [-0.25, -0.2) is 8.42 Å². The quantitative estimate of drug-likeness (QED) is 0.0953. The molecule has 0 atom stereocenters. The van der Waals surface area contributed by atoms with E-state index in [9.17, 15) is 33.1 Å². The number of nitrogens with zero attached hydrogens (tertiary/aromatic N) is 4. The Bertz CT molecular complexity index is 2160. The number of hydrogen-bond acceptors (Lipinski definition) is 12. The third-order valence-electron chi connectivity index (χ3n) is 6.82. The number of azo groups is 2. The largest absolute Gasteiger partial charge is 1.00 e. The maximum absolute atomic E-state index is 11.4. The van der Waals surface area contributed by atoms with E-state index in [2.05, 4.69) is 20.5 Å². The number of carboxylic acids is 1. The van der Waals surface area contributed by atoms with E-state index < -0.39 is 32.5 Å². The molecule has 5 aromatic rings. The molecule has 15 heteroatoms. The first kappa shape index (κ1) is 36.8. The summed E-state index contributed by atoms with van der Waals surface area (Å²) in [6, 6.07) is 19.9. The van der Waals surface area contributed by atoms with Gasteiger partial charge in [-0.2, -0.15) is 15.3 Å². The number of aromatic carboxylic acids is 1. The van der Waals surface area contributed by atoms with Gasteiger partial charge in [-0.15, -0.1) is 5.11 Å². The summed E-state index contributed by atoms with van der Waals surface area (Å²) in [6.45, 7) is 3.71. The number of aryl methyl sites for hydroxylation is 2. The van der Waals surface area contributed by atoms with Crippen molar-refractivity contribution >= 4 is 55.3 Å². The van der Waals surface area contributed by atoms with Gasteiger partial charge in [0.15, 0.2) is 0 Å². The van der Waals surface area contributed by atoms with Gasteiger partial charge in [-0.1, -0.05) is 18.2 Å². The number of nitrogens with two attached hydrogens (primary N) is 1. The fourth-order valence-electron chi connectivity index (χ4n) is 4.53. The topological polar surface area (TPSA) is 213 Å². The maximum Gasteiger partial charge on any atom is 1.00 e. The molecule has 4 N–H and O–H groups in total.